The van der Waals surface area contributed by atoms with Crippen molar-refractivity contribution in [2.45, 2.75) is 64.9 Å². The summed E-state index contributed by atoms with van der Waals surface area (Å²) >= 11 is 0. The van der Waals surface area contributed by atoms with E-state index in [0.29, 0.717) is 19.3 Å². The average molecular weight is 259 g/mol. The minimum Gasteiger partial charge on any atom is -0.378 e. The van der Waals surface area contributed by atoms with E-state index in [-0.39, 0.29) is 12.3 Å². The van der Waals surface area contributed by atoms with Crippen LogP contribution in [-0.2, 0) is 14.2 Å². The summed E-state index contributed by atoms with van der Waals surface area (Å²) in [7, 11) is 0. The Labute approximate surface area is 111 Å². The molecule has 0 aromatic rings. The van der Waals surface area contributed by atoms with E-state index in [9.17, 15) is 0 Å². The van der Waals surface area contributed by atoms with Crippen molar-refractivity contribution in [2.75, 3.05) is 26.4 Å². The van der Waals surface area contributed by atoms with E-state index >= 15 is 0 Å². The smallest absolute Gasteiger partial charge is 0.172 e. The SMILES string of the molecule is CCNC(CCC1CCCO1)C(OCC)OCC. The van der Waals surface area contributed by atoms with Gasteiger partial charge in [-0.1, -0.05) is 6.92 Å². The molecule has 0 amide bonds. The Morgan fingerprint density at radius 1 is 1.22 bits per heavy atom. The summed E-state index contributed by atoms with van der Waals surface area (Å²) in [5.41, 5.74) is 0. The Morgan fingerprint density at radius 3 is 2.44 bits per heavy atom. The van der Waals surface area contributed by atoms with Gasteiger partial charge in [-0.2, -0.15) is 0 Å². The predicted molar refractivity (Wildman–Crippen MR) is 72.7 cm³/mol. The minimum absolute atomic E-state index is 0.138. The van der Waals surface area contributed by atoms with Gasteiger partial charge >= 0.3 is 0 Å². The van der Waals surface area contributed by atoms with E-state index < -0.39 is 0 Å². The predicted octanol–water partition coefficient (Wildman–Crippen LogP) is 2.32. The molecular formula is C14H29NO3. The fourth-order valence-electron chi connectivity index (χ4n) is 2.44. The summed E-state index contributed by atoms with van der Waals surface area (Å²) in [4.78, 5) is 0. The van der Waals surface area contributed by atoms with Crippen molar-refractivity contribution >= 4 is 0 Å². The zero-order valence-corrected chi connectivity index (χ0v) is 12.1. The maximum atomic E-state index is 5.69. The minimum atomic E-state index is -0.138. The molecule has 1 saturated heterocycles. The van der Waals surface area contributed by atoms with Gasteiger partial charge in [0.05, 0.1) is 12.1 Å². The maximum Gasteiger partial charge on any atom is 0.172 e. The first-order valence-electron chi connectivity index (χ1n) is 7.39. The molecule has 0 aliphatic carbocycles. The lowest BCUT2D eigenvalue weighted by Crippen LogP contribution is -2.43. The molecule has 0 saturated carbocycles. The van der Waals surface area contributed by atoms with Crippen LogP contribution in [0.2, 0.25) is 0 Å². The first kappa shape index (κ1) is 15.9. The molecule has 0 bridgehead atoms. The number of nitrogens with one attached hydrogen (secondary N) is 1. The van der Waals surface area contributed by atoms with Crippen molar-refractivity contribution in [1.82, 2.24) is 5.32 Å². The fraction of sp³-hybridized carbons (Fsp3) is 1.00. The molecule has 2 atom stereocenters. The summed E-state index contributed by atoms with van der Waals surface area (Å²) in [6.07, 6.45) is 4.85. The highest BCUT2D eigenvalue weighted by molar-refractivity contribution is 4.74. The fourth-order valence-corrected chi connectivity index (χ4v) is 2.44. The van der Waals surface area contributed by atoms with E-state index in [1.54, 1.807) is 0 Å². The second-order valence-corrected chi connectivity index (χ2v) is 4.66. The second kappa shape index (κ2) is 9.73. The molecule has 2 unspecified atom stereocenters. The number of hydrogen-bond donors (Lipinski definition) is 1. The molecule has 1 fully saturated rings. The largest absolute Gasteiger partial charge is 0.378 e. The molecule has 1 heterocycles. The molecule has 1 aliphatic rings. The quantitative estimate of drug-likeness (QED) is 0.611. The van der Waals surface area contributed by atoms with Crippen molar-refractivity contribution in [1.29, 1.82) is 0 Å². The van der Waals surface area contributed by atoms with Crippen LogP contribution in [0, 0.1) is 0 Å². The standard InChI is InChI=1S/C14H29NO3/c1-4-15-13(14(16-5-2)17-6-3)10-9-12-8-7-11-18-12/h12-15H,4-11H2,1-3H3. The van der Waals surface area contributed by atoms with Crippen molar-refractivity contribution in [3.8, 4) is 0 Å². The van der Waals surface area contributed by atoms with E-state index in [1.165, 1.54) is 12.8 Å². The summed E-state index contributed by atoms with van der Waals surface area (Å²) in [6.45, 7) is 9.38. The molecule has 1 N–H and O–H groups in total. The molecule has 0 aromatic heterocycles. The van der Waals surface area contributed by atoms with Crippen molar-refractivity contribution < 1.29 is 14.2 Å². The van der Waals surface area contributed by atoms with Gasteiger partial charge < -0.3 is 19.5 Å². The van der Waals surface area contributed by atoms with Crippen LogP contribution in [0.5, 0.6) is 0 Å². The van der Waals surface area contributed by atoms with Crippen molar-refractivity contribution in [2.24, 2.45) is 0 Å². The third-order valence-electron chi connectivity index (χ3n) is 3.28. The summed E-state index contributed by atoms with van der Waals surface area (Å²) in [5.74, 6) is 0. The molecule has 0 spiro atoms. The van der Waals surface area contributed by atoms with E-state index in [1.807, 2.05) is 13.8 Å². The van der Waals surface area contributed by atoms with E-state index in [4.69, 9.17) is 14.2 Å². The first-order valence-corrected chi connectivity index (χ1v) is 7.39. The normalized spacial score (nSPS) is 21.7. The number of hydrogen-bond acceptors (Lipinski definition) is 4. The highest BCUT2D eigenvalue weighted by Crippen LogP contribution is 2.19. The lowest BCUT2D eigenvalue weighted by atomic mass is 10.1. The molecule has 0 radical (unpaired) electrons. The Bertz CT molecular complexity index is 189. The van der Waals surface area contributed by atoms with Crippen LogP contribution < -0.4 is 5.32 Å². The molecule has 108 valence electrons. The Kier molecular flexibility index (Phi) is 8.59. The zero-order valence-electron chi connectivity index (χ0n) is 12.1. The van der Waals surface area contributed by atoms with Crippen LogP contribution in [0.3, 0.4) is 0 Å². The summed E-state index contributed by atoms with van der Waals surface area (Å²) < 4.78 is 17.0. The third-order valence-corrected chi connectivity index (χ3v) is 3.28. The summed E-state index contributed by atoms with van der Waals surface area (Å²) in [6, 6.07) is 0.263. The van der Waals surface area contributed by atoms with E-state index in [2.05, 4.69) is 12.2 Å². The number of likely N-dealkylation sites (N-methyl/N-ethyl adjacent to an activating group) is 1. The summed E-state index contributed by atoms with van der Waals surface area (Å²) in [5, 5.41) is 3.47. The van der Waals surface area contributed by atoms with Gasteiger partial charge in [-0.05, 0) is 46.1 Å². The molecular weight excluding hydrogens is 230 g/mol. The average Bonchev–Trinajstić information content (AvgIpc) is 2.87. The molecule has 1 aliphatic heterocycles. The van der Waals surface area contributed by atoms with Gasteiger partial charge in [-0.25, -0.2) is 0 Å². The first-order chi connectivity index (χ1) is 8.81. The Balaban J connectivity index is 2.38. The van der Waals surface area contributed by atoms with Gasteiger partial charge in [0.25, 0.3) is 0 Å². The zero-order chi connectivity index (χ0) is 13.2. The van der Waals surface area contributed by atoms with Gasteiger partial charge in [0.15, 0.2) is 6.29 Å². The van der Waals surface area contributed by atoms with Gasteiger partial charge in [0, 0.05) is 19.8 Å². The lowest BCUT2D eigenvalue weighted by molar-refractivity contribution is -0.155. The van der Waals surface area contributed by atoms with Crippen molar-refractivity contribution in [3.63, 3.8) is 0 Å². The highest BCUT2D eigenvalue weighted by Gasteiger charge is 2.24. The third kappa shape index (κ3) is 5.65. The van der Waals surface area contributed by atoms with E-state index in [0.717, 1.165) is 26.0 Å². The van der Waals surface area contributed by atoms with Crippen LogP contribution in [0.25, 0.3) is 0 Å². The molecule has 4 heteroatoms. The second-order valence-electron chi connectivity index (χ2n) is 4.66. The van der Waals surface area contributed by atoms with Gasteiger partial charge in [-0.15, -0.1) is 0 Å². The Morgan fingerprint density at radius 2 is 1.94 bits per heavy atom. The highest BCUT2D eigenvalue weighted by atomic mass is 16.7. The van der Waals surface area contributed by atoms with Crippen LogP contribution in [0.1, 0.15) is 46.5 Å². The molecule has 4 nitrogen and oxygen atoms in total. The van der Waals surface area contributed by atoms with Crippen LogP contribution in [0.15, 0.2) is 0 Å². The van der Waals surface area contributed by atoms with Crippen LogP contribution >= 0.6 is 0 Å². The molecule has 1 rings (SSSR count). The number of rotatable bonds is 10. The van der Waals surface area contributed by atoms with Crippen LogP contribution in [0.4, 0.5) is 0 Å². The Hall–Kier alpha value is -0.160. The monoisotopic (exact) mass is 259 g/mol. The molecule has 0 aromatic carbocycles. The van der Waals surface area contributed by atoms with Crippen molar-refractivity contribution in [3.05, 3.63) is 0 Å². The van der Waals surface area contributed by atoms with Crippen LogP contribution in [-0.4, -0.2) is 44.8 Å². The lowest BCUT2D eigenvalue weighted by Gasteiger charge is -2.28. The number of ether oxygens (including phenoxy) is 3. The van der Waals surface area contributed by atoms with Gasteiger partial charge in [-0.3, -0.25) is 0 Å². The van der Waals surface area contributed by atoms with Gasteiger partial charge in [0.2, 0.25) is 0 Å². The van der Waals surface area contributed by atoms with Gasteiger partial charge in [0.1, 0.15) is 0 Å². The topological polar surface area (TPSA) is 39.7 Å². The maximum absolute atomic E-state index is 5.69. The molecule has 18 heavy (non-hydrogen) atoms.